The average molecular weight is 271 g/mol. The van der Waals surface area contributed by atoms with Gasteiger partial charge in [-0.2, -0.15) is 5.10 Å². The lowest BCUT2D eigenvalue weighted by Crippen LogP contribution is -2.14. The summed E-state index contributed by atoms with van der Waals surface area (Å²) in [7, 11) is 0. The van der Waals surface area contributed by atoms with E-state index >= 15 is 0 Å². The van der Waals surface area contributed by atoms with Crippen LogP contribution in [0.5, 0.6) is 0 Å². The van der Waals surface area contributed by atoms with Crippen molar-refractivity contribution in [2.24, 2.45) is 0 Å². The Balaban J connectivity index is 2.42. The summed E-state index contributed by atoms with van der Waals surface area (Å²) >= 11 is 6.22. The third-order valence-electron chi connectivity index (χ3n) is 3.56. The van der Waals surface area contributed by atoms with Crippen molar-refractivity contribution in [3.63, 3.8) is 0 Å². The summed E-state index contributed by atoms with van der Waals surface area (Å²) in [6, 6.07) is 0.261. The Morgan fingerprint density at radius 3 is 2.44 bits per heavy atom. The van der Waals surface area contributed by atoms with Crippen LogP contribution >= 0.6 is 11.6 Å². The second kappa shape index (κ2) is 5.31. The highest BCUT2D eigenvalue weighted by Crippen LogP contribution is 2.34. The van der Waals surface area contributed by atoms with Gasteiger partial charge in [-0.25, -0.2) is 9.48 Å². The fraction of sp³-hybridized carbons (Fsp3) is 0.692. The first-order chi connectivity index (χ1) is 8.52. The van der Waals surface area contributed by atoms with E-state index in [0.29, 0.717) is 5.69 Å². The number of hydrogen-bond acceptors (Lipinski definition) is 2. The Bertz CT molecular complexity index is 448. The highest BCUT2D eigenvalue weighted by atomic mass is 35.5. The molecule has 0 saturated heterocycles. The van der Waals surface area contributed by atoms with E-state index in [9.17, 15) is 9.90 Å². The molecular formula is C13H19ClN2O2. The summed E-state index contributed by atoms with van der Waals surface area (Å²) < 4.78 is 1.74. The van der Waals surface area contributed by atoms with Gasteiger partial charge in [-0.1, -0.05) is 44.7 Å². The summed E-state index contributed by atoms with van der Waals surface area (Å²) in [5, 5.41) is 14.0. The Labute approximate surface area is 112 Å². The van der Waals surface area contributed by atoms with Crippen molar-refractivity contribution < 1.29 is 9.90 Å². The number of halogens is 1. The number of carbonyl (C=O) groups is 1. The molecule has 1 aliphatic rings. The van der Waals surface area contributed by atoms with E-state index in [1.54, 1.807) is 4.68 Å². The van der Waals surface area contributed by atoms with E-state index < -0.39 is 5.97 Å². The SMILES string of the molecule is CC(C)c1nn(C2CCCCC2)c(Cl)c1C(=O)O. The second-order valence-corrected chi connectivity index (χ2v) is 5.61. The van der Waals surface area contributed by atoms with Gasteiger partial charge in [0.2, 0.25) is 0 Å². The summed E-state index contributed by atoms with van der Waals surface area (Å²) in [5.41, 5.74) is 0.773. The van der Waals surface area contributed by atoms with Crippen LogP contribution in [0.15, 0.2) is 0 Å². The molecule has 1 heterocycles. The maximum Gasteiger partial charge on any atom is 0.340 e. The van der Waals surface area contributed by atoms with Crippen molar-refractivity contribution in [3.8, 4) is 0 Å². The molecule has 0 atom stereocenters. The molecule has 0 spiro atoms. The molecular weight excluding hydrogens is 252 g/mol. The number of carboxylic acid groups (broad SMARTS) is 1. The first kappa shape index (κ1) is 13.4. The van der Waals surface area contributed by atoms with Gasteiger partial charge in [0.15, 0.2) is 0 Å². The minimum Gasteiger partial charge on any atom is -0.478 e. The quantitative estimate of drug-likeness (QED) is 0.907. The van der Waals surface area contributed by atoms with Gasteiger partial charge >= 0.3 is 5.97 Å². The summed E-state index contributed by atoms with van der Waals surface area (Å²) in [4.78, 5) is 11.3. The molecule has 5 heteroatoms. The second-order valence-electron chi connectivity index (χ2n) is 5.25. The predicted octanol–water partition coefficient (Wildman–Crippen LogP) is 3.86. The lowest BCUT2D eigenvalue weighted by molar-refractivity contribution is 0.0695. The van der Waals surface area contributed by atoms with Crippen LogP contribution in [0.1, 0.15) is 74.0 Å². The molecule has 0 unspecified atom stereocenters. The zero-order valence-corrected chi connectivity index (χ0v) is 11.6. The zero-order chi connectivity index (χ0) is 13.3. The minimum atomic E-state index is -0.981. The molecule has 1 N–H and O–H groups in total. The summed E-state index contributed by atoms with van der Waals surface area (Å²) in [5.74, 6) is -0.913. The third kappa shape index (κ3) is 2.39. The Kier molecular flexibility index (Phi) is 3.95. The van der Waals surface area contributed by atoms with Crippen LogP contribution < -0.4 is 0 Å². The number of aromatic carboxylic acids is 1. The van der Waals surface area contributed by atoms with Gasteiger partial charge in [-0.05, 0) is 18.8 Å². The van der Waals surface area contributed by atoms with E-state index in [1.165, 1.54) is 19.3 Å². The third-order valence-corrected chi connectivity index (χ3v) is 3.92. The van der Waals surface area contributed by atoms with Crippen molar-refractivity contribution in [1.29, 1.82) is 0 Å². The van der Waals surface area contributed by atoms with Crippen molar-refractivity contribution in [1.82, 2.24) is 9.78 Å². The molecule has 1 aromatic heterocycles. The molecule has 1 aromatic rings. The molecule has 4 nitrogen and oxygen atoms in total. The fourth-order valence-electron chi connectivity index (χ4n) is 2.60. The van der Waals surface area contributed by atoms with Crippen LogP contribution in [-0.2, 0) is 0 Å². The largest absolute Gasteiger partial charge is 0.478 e. The van der Waals surface area contributed by atoms with Gasteiger partial charge in [-0.3, -0.25) is 0 Å². The van der Waals surface area contributed by atoms with Gasteiger partial charge < -0.3 is 5.11 Å². The van der Waals surface area contributed by atoms with Gasteiger partial charge in [0.25, 0.3) is 0 Å². The van der Waals surface area contributed by atoms with E-state index in [0.717, 1.165) is 12.8 Å². The average Bonchev–Trinajstić information content (AvgIpc) is 2.68. The fourth-order valence-corrected chi connectivity index (χ4v) is 2.95. The highest BCUT2D eigenvalue weighted by molar-refractivity contribution is 6.32. The molecule has 1 saturated carbocycles. The Morgan fingerprint density at radius 2 is 2.00 bits per heavy atom. The summed E-state index contributed by atoms with van der Waals surface area (Å²) in [6.45, 7) is 3.88. The number of aromatic nitrogens is 2. The predicted molar refractivity (Wildman–Crippen MR) is 70.4 cm³/mol. The van der Waals surface area contributed by atoms with Crippen LogP contribution in [0.4, 0.5) is 0 Å². The minimum absolute atomic E-state index is 0.0680. The molecule has 0 aliphatic heterocycles. The van der Waals surface area contributed by atoms with Crippen LogP contribution in [0.25, 0.3) is 0 Å². The topological polar surface area (TPSA) is 55.1 Å². The van der Waals surface area contributed by atoms with E-state index in [-0.39, 0.29) is 22.7 Å². The first-order valence-electron chi connectivity index (χ1n) is 6.53. The molecule has 0 radical (unpaired) electrons. The van der Waals surface area contributed by atoms with Gasteiger partial charge in [-0.15, -0.1) is 0 Å². The lowest BCUT2D eigenvalue weighted by Gasteiger charge is -2.22. The van der Waals surface area contributed by atoms with Crippen LogP contribution in [0.2, 0.25) is 5.15 Å². The lowest BCUT2D eigenvalue weighted by atomic mass is 9.96. The van der Waals surface area contributed by atoms with Crippen molar-refractivity contribution >= 4 is 17.6 Å². The van der Waals surface area contributed by atoms with Gasteiger partial charge in [0, 0.05) is 0 Å². The molecule has 18 heavy (non-hydrogen) atoms. The Hall–Kier alpha value is -1.03. The van der Waals surface area contributed by atoms with E-state index in [2.05, 4.69) is 5.10 Å². The number of hydrogen-bond donors (Lipinski definition) is 1. The molecule has 0 aromatic carbocycles. The maximum atomic E-state index is 11.3. The van der Waals surface area contributed by atoms with Gasteiger partial charge in [0.1, 0.15) is 10.7 Å². The van der Waals surface area contributed by atoms with E-state index in [1.807, 2.05) is 13.8 Å². The maximum absolute atomic E-state index is 11.3. The Morgan fingerprint density at radius 1 is 1.39 bits per heavy atom. The molecule has 100 valence electrons. The number of nitrogens with zero attached hydrogens (tertiary/aromatic N) is 2. The van der Waals surface area contributed by atoms with Crippen LogP contribution in [0.3, 0.4) is 0 Å². The summed E-state index contributed by atoms with van der Waals surface area (Å²) in [6.07, 6.45) is 5.66. The van der Waals surface area contributed by atoms with Crippen LogP contribution in [-0.4, -0.2) is 20.9 Å². The normalized spacial score (nSPS) is 17.3. The highest BCUT2D eigenvalue weighted by Gasteiger charge is 2.27. The standard InChI is InChI=1S/C13H19ClN2O2/c1-8(2)11-10(13(17)18)12(14)16(15-11)9-6-4-3-5-7-9/h8-9H,3-7H2,1-2H3,(H,17,18). The first-order valence-corrected chi connectivity index (χ1v) is 6.91. The molecule has 1 aliphatic carbocycles. The van der Waals surface area contributed by atoms with Crippen molar-refractivity contribution in [2.75, 3.05) is 0 Å². The molecule has 0 amide bonds. The molecule has 2 rings (SSSR count). The van der Waals surface area contributed by atoms with Crippen LogP contribution in [0, 0.1) is 0 Å². The monoisotopic (exact) mass is 270 g/mol. The smallest absolute Gasteiger partial charge is 0.340 e. The molecule has 1 fully saturated rings. The van der Waals surface area contributed by atoms with Crippen molar-refractivity contribution in [2.45, 2.75) is 57.9 Å². The van der Waals surface area contributed by atoms with E-state index in [4.69, 9.17) is 11.6 Å². The van der Waals surface area contributed by atoms with Crippen molar-refractivity contribution in [3.05, 3.63) is 16.4 Å². The number of rotatable bonds is 3. The van der Waals surface area contributed by atoms with Gasteiger partial charge in [0.05, 0.1) is 11.7 Å². The number of carboxylic acids is 1. The zero-order valence-electron chi connectivity index (χ0n) is 10.8. The molecule has 0 bridgehead atoms.